The first-order chi connectivity index (χ1) is 2.00. The van der Waals surface area contributed by atoms with Crippen LogP contribution in [0.25, 0.3) is 0 Å². The van der Waals surface area contributed by atoms with Gasteiger partial charge in [-0.1, -0.05) is 0 Å². The van der Waals surface area contributed by atoms with Crippen LogP contribution in [0.3, 0.4) is 0 Å². The fourth-order valence-corrected chi connectivity index (χ4v) is 0. The van der Waals surface area contributed by atoms with Gasteiger partial charge >= 0.3 is 40.4 Å². The number of rotatable bonds is 0. The van der Waals surface area contributed by atoms with Crippen molar-refractivity contribution in [2.75, 3.05) is 0 Å². The van der Waals surface area contributed by atoms with Crippen molar-refractivity contribution in [2.24, 2.45) is 0 Å². The van der Waals surface area contributed by atoms with Gasteiger partial charge in [0.05, 0.1) is 0 Å². The molecule has 0 aliphatic heterocycles. The summed E-state index contributed by atoms with van der Waals surface area (Å²) >= 11 is 0. The molecule has 0 aliphatic rings. The van der Waals surface area contributed by atoms with E-state index in [1.807, 2.05) is 0 Å². The third-order valence-corrected chi connectivity index (χ3v) is 0. The molecule has 0 heterocycles. The minimum absolute atomic E-state index is 0. The Morgan fingerprint density at radius 2 is 1.11 bits per heavy atom. The summed E-state index contributed by atoms with van der Waals surface area (Å²) in [5, 5.41) is 0. The van der Waals surface area contributed by atoms with E-state index in [9.17, 15) is 0 Å². The van der Waals surface area contributed by atoms with Crippen LogP contribution in [-0.2, 0) is 4.57 Å². The third kappa shape index (κ3) is 284. The Balaban J connectivity index is -0.0000000133. The molecule has 0 aromatic heterocycles. The van der Waals surface area contributed by atoms with Crippen molar-refractivity contribution >= 4 is 48.2 Å². The van der Waals surface area contributed by atoms with Crippen LogP contribution in [0.15, 0.2) is 0 Å². The van der Waals surface area contributed by atoms with E-state index in [0.717, 1.165) is 0 Å². The predicted molar refractivity (Wildman–Crippen MR) is 24.7 cm³/mol. The zero-order chi connectivity index (χ0) is 4.50. The summed E-state index contributed by atoms with van der Waals surface area (Å²) in [6, 6.07) is 0. The van der Waals surface area contributed by atoms with E-state index >= 15 is 0 Å². The van der Waals surface area contributed by atoms with Crippen LogP contribution in [0.4, 0.5) is 0 Å². The Hall–Kier alpha value is 1.33. The molecular formula is H3AlMgO6P+. The van der Waals surface area contributed by atoms with E-state index in [0.29, 0.717) is 0 Å². The maximum atomic E-state index is 8.55. The summed E-state index contributed by atoms with van der Waals surface area (Å²) in [6.07, 6.45) is 0. The largest absolute Gasteiger partial charge is 3.00 e. The summed E-state index contributed by atoms with van der Waals surface area (Å²) < 4.78 is 8.55. The molecule has 3 N–H and O–H groups in total. The first-order valence-corrected chi connectivity index (χ1v) is 2.19. The summed E-state index contributed by atoms with van der Waals surface area (Å²) in [6.45, 7) is 0. The van der Waals surface area contributed by atoms with Gasteiger partial charge in [0.2, 0.25) is 0 Å². The number of hydrogen-bond donors (Lipinski definition) is 0. The summed E-state index contributed by atoms with van der Waals surface area (Å²) in [5.74, 6) is 0. The SMILES string of the molecule is O.O=P([O-])([O-])[O-].[Al+3].[Mg+2].[OH-]. The summed E-state index contributed by atoms with van der Waals surface area (Å²) in [5.41, 5.74) is 0. The van der Waals surface area contributed by atoms with Crippen molar-refractivity contribution in [3.63, 3.8) is 0 Å². The van der Waals surface area contributed by atoms with Crippen molar-refractivity contribution in [3.05, 3.63) is 0 Å². The molecule has 0 spiro atoms. The van der Waals surface area contributed by atoms with Crippen LogP contribution in [0.5, 0.6) is 0 Å². The van der Waals surface area contributed by atoms with Gasteiger partial charge in [0.25, 0.3) is 0 Å². The van der Waals surface area contributed by atoms with Gasteiger partial charge in [-0.15, -0.1) is 0 Å². The van der Waals surface area contributed by atoms with Gasteiger partial charge in [0, 0.05) is 0 Å². The Morgan fingerprint density at radius 1 is 1.11 bits per heavy atom. The normalized spacial score (nSPS) is 6.56. The van der Waals surface area contributed by atoms with Gasteiger partial charge in [-0.3, -0.25) is 0 Å². The van der Waals surface area contributed by atoms with E-state index in [2.05, 4.69) is 0 Å². The molecule has 48 valence electrons. The maximum Gasteiger partial charge on any atom is 3.00 e. The average molecular weight is 181 g/mol. The van der Waals surface area contributed by atoms with Crippen molar-refractivity contribution in [1.82, 2.24) is 0 Å². The minimum atomic E-state index is -5.39. The van der Waals surface area contributed by atoms with Gasteiger partial charge in [0.15, 0.2) is 0 Å². The van der Waals surface area contributed by atoms with E-state index in [4.69, 9.17) is 19.2 Å². The Labute approximate surface area is 78.4 Å². The number of phosphoric acid groups is 1. The molecule has 0 aliphatic carbocycles. The molecule has 0 atom stereocenters. The van der Waals surface area contributed by atoms with Crippen molar-refractivity contribution in [2.45, 2.75) is 0 Å². The maximum absolute atomic E-state index is 8.55. The second kappa shape index (κ2) is 12.0. The molecule has 0 amide bonds. The van der Waals surface area contributed by atoms with Crippen LogP contribution in [0.1, 0.15) is 0 Å². The van der Waals surface area contributed by atoms with E-state index < -0.39 is 7.82 Å². The topological polar surface area (TPSA) is 148 Å². The van der Waals surface area contributed by atoms with Crippen LogP contribution in [0.2, 0.25) is 0 Å². The molecular weight excluding hydrogens is 178 g/mol. The van der Waals surface area contributed by atoms with Gasteiger partial charge in [0.1, 0.15) is 0 Å². The van der Waals surface area contributed by atoms with E-state index in [-0.39, 0.29) is 51.4 Å². The summed E-state index contributed by atoms with van der Waals surface area (Å²) in [4.78, 5) is 25.6. The molecule has 0 aromatic rings. The Kier molecular flexibility index (Phi) is 42.4. The van der Waals surface area contributed by atoms with Crippen molar-refractivity contribution in [1.29, 1.82) is 0 Å². The first kappa shape index (κ1) is 31.7. The molecule has 0 bridgehead atoms. The van der Waals surface area contributed by atoms with Crippen LogP contribution >= 0.6 is 7.82 Å². The quantitative estimate of drug-likeness (QED) is 0.272. The monoisotopic (exact) mass is 181 g/mol. The van der Waals surface area contributed by atoms with Gasteiger partial charge in [-0.05, 0) is 0 Å². The van der Waals surface area contributed by atoms with Crippen molar-refractivity contribution < 1.29 is 30.2 Å². The third-order valence-electron chi connectivity index (χ3n) is 0. The Bertz CT molecular complexity index is 59.2. The molecule has 0 fully saturated rings. The van der Waals surface area contributed by atoms with Gasteiger partial charge in [-0.2, -0.15) is 7.82 Å². The molecule has 0 radical (unpaired) electrons. The van der Waals surface area contributed by atoms with E-state index in [1.54, 1.807) is 0 Å². The fraction of sp³-hybridized carbons (Fsp3) is 0. The second-order valence-electron chi connectivity index (χ2n) is 0.447. The Morgan fingerprint density at radius 3 is 1.11 bits per heavy atom. The van der Waals surface area contributed by atoms with Crippen LogP contribution in [0, 0.1) is 0 Å². The van der Waals surface area contributed by atoms with Gasteiger partial charge in [-0.25, -0.2) is 0 Å². The predicted octanol–water partition coefficient (Wildman–Crippen LogP) is -4.59. The molecule has 9 heavy (non-hydrogen) atoms. The van der Waals surface area contributed by atoms with Crippen LogP contribution in [-0.4, -0.2) is 51.4 Å². The fourth-order valence-electron chi connectivity index (χ4n) is 0. The van der Waals surface area contributed by atoms with Crippen LogP contribution < -0.4 is 14.7 Å². The summed E-state index contributed by atoms with van der Waals surface area (Å²) in [7, 11) is -5.39. The molecule has 0 saturated carbocycles. The van der Waals surface area contributed by atoms with Crippen molar-refractivity contribution in [3.8, 4) is 0 Å². The minimum Gasteiger partial charge on any atom is -0.870 e. The zero-order valence-electron chi connectivity index (χ0n) is 4.31. The number of hydrogen-bond acceptors (Lipinski definition) is 5. The molecule has 0 unspecified atom stereocenters. The first-order valence-electron chi connectivity index (χ1n) is 0.730. The second-order valence-corrected chi connectivity index (χ2v) is 1.34. The molecule has 0 rings (SSSR count). The van der Waals surface area contributed by atoms with Gasteiger partial charge < -0.3 is 30.2 Å². The van der Waals surface area contributed by atoms with E-state index in [1.165, 1.54) is 0 Å². The molecule has 6 nitrogen and oxygen atoms in total. The average Bonchev–Trinajstić information content (AvgIpc) is 0.722. The zero-order valence-corrected chi connectivity index (χ0v) is 7.78. The molecule has 0 saturated heterocycles. The molecule has 9 heteroatoms. The molecule has 0 aromatic carbocycles. The standard InChI is InChI=1S/Al.Mg.H3O4P.2H2O/c;;1-5(2,3)4;;/h;;(H3,1,2,3,4);2*1H2/q+3;+2;;;/p-4. The smallest absolute Gasteiger partial charge is 0.870 e.